The van der Waals surface area contributed by atoms with Crippen molar-refractivity contribution in [3.8, 4) is 0 Å². The molecule has 8 heteroatoms. The third-order valence-electron chi connectivity index (χ3n) is 4.99. The Morgan fingerprint density at radius 1 is 0.969 bits per heavy atom. The highest BCUT2D eigenvalue weighted by atomic mass is 32.2. The third kappa shape index (κ3) is 5.38. The summed E-state index contributed by atoms with van der Waals surface area (Å²) in [5, 5.41) is 3.61. The second-order valence-electron chi connectivity index (χ2n) is 7.40. The molecule has 0 fully saturated rings. The van der Waals surface area contributed by atoms with Crippen LogP contribution in [-0.2, 0) is 27.6 Å². The van der Waals surface area contributed by atoms with Gasteiger partial charge < -0.3 is 9.88 Å². The van der Waals surface area contributed by atoms with E-state index < -0.39 is 9.84 Å². The molecule has 0 unspecified atom stereocenters. The minimum absolute atomic E-state index is 0.177. The number of para-hydroxylation sites is 2. The van der Waals surface area contributed by atoms with Crippen LogP contribution in [-0.4, -0.2) is 35.9 Å². The second kappa shape index (κ2) is 9.58. The molecule has 0 aliphatic carbocycles. The molecule has 0 radical (unpaired) electrons. The van der Waals surface area contributed by atoms with Crippen molar-refractivity contribution in [2.75, 3.05) is 17.3 Å². The van der Waals surface area contributed by atoms with Gasteiger partial charge in [-0.2, -0.15) is 0 Å². The van der Waals surface area contributed by atoms with Crippen LogP contribution in [0, 0.1) is 0 Å². The fourth-order valence-corrected chi connectivity index (χ4v) is 4.85. The lowest BCUT2D eigenvalue weighted by atomic mass is 10.1. The van der Waals surface area contributed by atoms with Crippen LogP contribution in [0.5, 0.6) is 0 Å². The molecule has 0 spiro atoms. The summed E-state index contributed by atoms with van der Waals surface area (Å²) < 4.78 is 25.3. The highest BCUT2D eigenvalue weighted by Crippen LogP contribution is 2.25. The van der Waals surface area contributed by atoms with Crippen molar-refractivity contribution in [1.82, 2.24) is 9.55 Å². The molecule has 1 amide bonds. The summed E-state index contributed by atoms with van der Waals surface area (Å²) in [6.45, 7) is 0.765. The van der Waals surface area contributed by atoms with E-state index in [1.165, 1.54) is 29.5 Å². The second-order valence-corrected chi connectivity index (χ2v) is 10.4. The molecule has 0 saturated carbocycles. The summed E-state index contributed by atoms with van der Waals surface area (Å²) in [6, 6.07) is 24.4. The number of hydrogen-bond donors (Lipinski definition) is 1. The molecule has 0 atom stereocenters. The third-order valence-corrected chi connectivity index (χ3v) is 7.09. The van der Waals surface area contributed by atoms with Crippen molar-refractivity contribution in [3.63, 3.8) is 0 Å². The van der Waals surface area contributed by atoms with Gasteiger partial charge in [0.2, 0.25) is 5.91 Å². The molecule has 0 bridgehead atoms. The van der Waals surface area contributed by atoms with Crippen LogP contribution in [0.4, 0.5) is 5.69 Å². The van der Waals surface area contributed by atoms with Crippen molar-refractivity contribution in [2.24, 2.45) is 0 Å². The van der Waals surface area contributed by atoms with E-state index >= 15 is 0 Å². The first kappa shape index (κ1) is 22.1. The number of imidazole rings is 1. The number of fused-ring (bicyclic) bond motifs is 1. The Kier molecular flexibility index (Phi) is 6.62. The van der Waals surface area contributed by atoms with Gasteiger partial charge in [-0.1, -0.05) is 54.2 Å². The van der Waals surface area contributed by atoms with E-state index in [2.05, 4.69) is 22.0 Å². The van der Waals surface area contributed by atoms with Gasteiger partial charge in [-0.25, -0.2) is 13.4 Å². The molecule has 1 aromatic heterocycles. The maximum absolute atomic E-state index is 12.5. The number of anilines is 1. The first-order chi connectivity index (χ1) is 15.4. The number of benzene rings is 3. The number of aryl methyl sites for hydroxylation is 2. The lowest BCUT2D eigenvalue weighted by Crippen LogP contribution is -2.15. The molecule has 4 aromatic rings. The Morgan fingerprint density at radius 3 is 2.38 bits per heavy atom. The number of carbonyl (C=O) groups excluding carboxylic acids is 1. The zero-order chi connectivity index (χ0) is 22.6. The molecule has 3 aromatic carbocycles. The highest BCUT2D eigenvalue weighted by molar-refractivity contribution is 7.99. The van der Waals surface area contributed by atoms with Gasteiger partial charge in [0.05, 0.1) is 21.7 Å². The van der Waals surface area contributed by atoms with E-state index in [1.54, 1.807) is 12.1 Å². The zero-order valence-electron chi connectivity index (χ0n) is 17.6. The van der Waals surface area contributed by atoms with E-state index in [4.69, 9.17) is 4.98 Å². The molecule has 4 rings (SSSR count). The summed E-state index contributed by atoms with van der Waals surface area (Å²) >= 11 is 1.39. The minimum Gasteiger partial charge on any atom is -0.325 e. The number of nitrogens with one attached hydrogen (secondary N) is 1. The fourth-order valence-electron chi connectivity index (χ4n) is 3.38. The van der Waals surface area contributed by atoms with E-state index in [0.29, 0.717) is 5.69 Å². The quantitative estimate of drug-likeness (QED) is 0.390. The standard InChI is InChI=1S/C24H23N3O3S2/c1-32(29,30)20-13-11-19(12-14-20)25-23(28)17-31-24-26-21-9-5-6-10-22(21)27(24)16-15-18-7-3-2-4-8-18/h2-14H,15-17H2,1H3,(H,25,28). The predicted octanol–water partition coefficient (Wildman–Crippen LogP) is 4.41. The fraction of sp³-hybridized carbons (Fsp3) is 0.167. The van der Waals surface area contributed by atoms with Crippen LogP contribution >= 0.6 is 11.8 Å². The Morgan fingerprint density at radius 2 is 1.66 bits per heavy atom. The first-order valence-corrected chi connectivity index (χ1v) is 13.0. The Balaban J connectivity index is 1.44. The van der Waals surface area contributed by atoms with E-state index in [9.17, 15) is 13.2 Å². The number of nitrogens with zero attached hydrogens (tertiary/aromatic N) is 2. The number of sulfone groups is 1. The molecule has 164 valence electrons. The van der Waals surface area contributed by atoms with Crippen LogP contribution in [0.25, 0.3) is 11.0 Å². The van der Waals surface area contributed by atoms with Crippen molar-refractivity contribution >= 4 is 44.2 Å². The van der Waals surface area contributed by atoms with Crippen LogP contribution < -0.4 is 5.32 Å². The molecule has 0 aliphatic rings. The Hall–Kier alpha value is -3.10. The molecule has 1 heterocycles. The summed E-state index contributed by atoms with van der Waals surface area (Å²) in [4.78, 5) is 17.4. The number of carbonyl (C=O) groups is 1. The van der Waals surface area contributed by atoms with E-state index in [1.807, 2.05) is 42.5 Å². The van der Waals surface area contributed by atoms with Crippen molar-refractivity contribution in [2.45, 2.75) is 23.0 Å². The average molecular weight is 466 g/mol. The van der Waals surface area contributed by atoms with Gasteiger partial charge in [0.1, 0.15) is 0 Å². The number of amides is 1. The van der Waals surface area contributed by atoms with E-state index in [-0.39, 0.29) is 16.6 Å². The summed E-state index contributed by atoms with van der Waals surface area (Å²) in [5.74, 6) is 0.0198. The highest BCUT2D eigenvalue weighted by Gasteiger charge is 2.14. The monoisotopic (exact) mass is 465 g/mol. The van der Waals surface area contributed by atoms with E-state index in [0.717, 1.165) is 35.4 Å². The maximum Gasteiger partial charge on any atom is 0.234 e. The van der Waals surface area contributed by atoms with Gasteiger partial charge in [0.25, 0.3) is 0 Å². The van der Waals surface area contributed by atoms with Gasteiger partial charge in [0, 0.05) is 18.5 Å². The van der Waals surface area contributed by atoms with Crippen LogP contribution in [0.3, 0.4) is 0 Å². The van der Waals surface area contributed by atoms with Crippen LogP contribution in [0.15, 0.2) is 88.9 Å². The van der Waals surface area contributed by atoms with Gasteiger partial charge >= 0.3 is 0 Å². The summed E-state index contributed by atoms with van der Waals surface area (Å²) in [7, 11) is -3.27. The van der Waals surface area contributed by atoms with Gasteiger partial charge in [0.15, 0.2) is 15.0 Å². The van der Waals surface area contributed by atoms with Gasteiger partial charge in [-0.15, -0.1) is 0 Å². The molecule has 0 aliphatic heterocycles. The summed E-state index contributed by atoms with van der Waals surface area (Å²) in [5.41, 5.74) is 3.75. The topological polar surface area (TPSA) is 81.1 Å². The number of thioether (sulfide) groups is 1. The Bertz CT molecular complexity index is 1330. The predicted molar refractivity (Wildman–Crippen MR) is 129 cm³/mol. The molecule has 32 heavy (non-hydrogen) atoms. The summed E-state index contributed by atoms with van der Waals surface area (Å²) in [6.07, 6.45) is 2.02. The molecular formula is C24H23N3O3S2. The molecule has 6 nitrogen and oxygen atoms in total. The zero-order valence-corrected chi connectivity index (χ0v) is 19.2. The largest absolute Gasteiger partial charge is 0.325 e. The minimum atomic E-state index is -3.27. The smallest absolute Gasteiger partial charge is 0.234 e. The molecule has 0 saturated heterocycles. The first-order valence-electron chi connectivity index (χ1n) is 10.1. The maximum atomic E-state index is 12.5. The lowest BCUT2D eigenvalue weighted by molar-refractivity contribution is -0.113. The molecule has 1 N–H and O–H groups in total. The van der Waals surface area contributed by atoms with Crippen molar-refractivity contribution < 1.29 is 13.2 Å². The van der Waals surface area contributed by atoms with Crippen LogP contribution in [0.1, 0.15) is 5.56 Å². The van der Waals surface area contributed by atoms with Crippen molar-refractivity contribution in [1.29, 1.82) is 0 Å². The van der Waals surface area contributed by atoms with Crippen molar-refractivity contribution in [3.05, 3.63) is 84.4 Å². The Labute approximate surface area is 191 Å². The number of hydrogen-bond acceptors (Lipinski definition) is 5. The average Bonchev–Trinajstić information content (AvgIpc) is 3.14. The molecular weight excluding hydrogens is 442 g/mol. The lowest BCUT2D eigenvalue weighted by Gasteiger charge is -2.10. The normalized spacial score (nSPS) is 11.5. The number of rotatable bonds is 8. The SMILES string of the molecule is CS(=O)(=O)c1ccc(NC(=O)CSc2nc3ccccc3n2CCc2ccccc2)cc1. The number of aromatic nitrogens is 2. The van der Waals surface area contributed by atoms with Crippen LogP contribution in [0.2, 0.25) is 0 Å². The van der Waals surface area contributed by atoms with Gasteiger partial charge in [-0.3, -0.25) is 4.79 Å². The van der Waals surface area contributed by atoms with Gasteiger partial charge in [-0.05, 0) is 48.4 Å².